The summed E-state index contributed by atoms with van der Waals surface area (Å²) in [6.07, 6.45) is -3.81. The molecule has 14 heteroatoms. The Bertz CT molecular complexity index is 1790. The predicted molar refractivity (Wildman–Crippen MR) is 150 cm³/mol. The number of H-pyrrole nitrogens is 1. The molecule has 0 unspecified atom stereocenters. The van der Waals surface area contributed by atoms with Crippen LogP contribution in [-0.2, 0) is 15.7 Å². The van der Waals surface area contributed by atoms with Crippen molar-refractivity contribution in [2.75, 3.05) is 36.5 Å². The first-order valence-electron chi connectivity index (χ1n) is 13.2. The number of halogens is 3. The van der Waals surface area contributed by atoms with E-state index in [0.29, 0.717) is 31.9 Å². The zero-order valence-corrected chi connectivity index (χ0v) is 23.0. The molecule has 0 atom stereocenters. The van der Waals surface area contributed by atoms with E-state index < -0.39 is 23.7 Å². The number of nitrogens with zero attached hydrogens (tertiary/aromatic N) is 6. The van der Waals surface area contributed by atoms with E-state index in [0.717, 1.165) is 15.5 Å². The Hall–Kier alpha value is -4.72. The third-order valence-electron chi connectivity index (χ3n) is 6.49. The van der Waals surface area contributed by atoms with Gasteiger partial charge in [-0.3, -0.25) is 9.88 Å². The zero-order valence-electron chi connectivity index (χ0n) is 23.0. The number of hydrogen-bond acceptors (Lipinski definition) is 8. The van der Waals surface area contributed by atoms with E-state index >= 15 is 0 Å². The number of benzene rings is 2. The molecule has 42 heavy (non-hydrogen) atoms. The van der Waals surface area contributed by atoms with Gasteiger partial charge in [-0.1, -0.05) is 12.1 Å². The lowest BCUT2D eigenvalue weighted by molar-refractivity contribution is -0.145. The number of ether oxygens (including phenoxy) is 2. The molecule has 0 aliphatic carbocycles. The molecule has 0 bridgehead atoms. The zero-order chi connectivity index (χ0) is 29.6. The van der Waals surface area contributed by atoms with Gasteiger partial charge in [0, 0.05) is 41.4 Å². The van der Waals surface area contributed by atoms with Gasteiger partial charge in [0.05, 0.1) is 24.2 Å². The highest BCUT2D eigenvalue weighted by molar-refractivity contribution is 5.93. The molecule has 1 fully saturated rings. The third-order valence-corrected chi connectivity index (χ3v) is 6.49. The first kappa shape index (κ1) is 27.4. The SMILES string of the molecule is CC(C)(C)OC(=O)Nc1ccc2c(c1)nc(C(F)(F)F)n2-c1nc(-c2cccc3[nH]ccc23)nc(N2CCOCC2)n1. The van der Waals surface area contributed by atoms with Gasteiger partial charge in [-0.15, -0.1) is 0 Å². The Kier molecular flexibility index (Phi) is 6.72. The van der Waals surface area contributed by atoms with Crippen molar-refractivity contribution in [3.63, 3.8) is 0 Å². The van der Waals surface area contributed by atoms with Gasteiger partial charge in [0.2, 0.25) is 17.7 Å². The van der Waals surface area contributed by atoms with E-state index in [9.17, 15) is 18.0 Å². The normalized spacial score (nSPS) is 14.5. The van der Waals surface area contributed by atoms with E-state index in [1.54, 1.807) is 27.0 Å². The molecule has 0 saturated carbocycles. The molecule has 1 aliphatic heterocycles. The molecule has 6 rings (SSSR count). The summed E-state index contributed by atoms with van der Waals surface area (Å²) in [5.74, 6) is -1.01. The summed E-state index contributed by atoms with van der Waals surface area (Å²) in [4.78, 5) is 34.9. The highest BCUT2D eigenvalue weighted by Crippen LogP contribution is 2.35. The average Bonchev–Trinajstić information content (AvgIpc) is 3.57. The number of morpholine rings is 1. The summed E-state index contributed by atoms with van der Waals surface area (Å²) >= 11 is 0. The lowest BCUT2D eigenvalue weighted by atomic mass is 10.1. The van der Waals surface area contributed by atoms with E-state index in [4.69, 9.17) is 9.47 Å². The van der Waals surface area contributed by atoms with Crippen molar-refractivity contribution in [2.45, 2.75) is 32.5 Å². The number of fused-ring (bicyclic) bond motifs is 2. The summed E-state index contributed by atoms with van der Waals surface area (Å²) in [6.45, 7) is 6.91. The summed E-state index contributed by atoms with van der Waals surface area (Å²) in [6, 6.07) is 11.6. The number of carbonyl (C=O) groups is 1. The van der Waals surface area contributed by atoms with Crippen LogP contribution in [0.25, 0.3) is 39.3 Å². The molecule has 0 spiro atoms. The monoisotopic (exact) mass is 580 g/mol. The van der Waals surface area contributed by atoms with Gasteiger partial charge in [-0.05, 0) is 51.1 Å². The fraction of sp³-hybridized carbons (Fsp3) is 0.321. The highest BCUT2D eigenvalue weighted by atomic mass is 19.4. The third kappa shape index (κ3) is 5.44. The second-order valence-electron chi connectivity index (χ2n) is 10.7. The van der Waals surface area contributed by atoms with Crippen molar-refractivity contribution in [1.29, 1.82) is 0 Å². The largest absolute Gasteiger partial charge is 0.450 e. The molecule has 1 aliphatic rings. The smallest absolute Gasteiger partial charge is 0.444 e. The number of aromatic nitrogens is 6. The number of aromatic amines is 1. The molecule has 218 valence electrons. The van der Waals surface area contributed by atoms with Gasteiger partial charge in [0.15, 0.2) is 5.82 Å². The van der Waals surface area contributed by atoms with Crippen LogP contribution in [0.1, 0.15) is 26.6 Å². The van der Waals surface area contributed by atoms with Crippen LogP contribution in [0.5, 0.6) is 0 Å². The number of rotatable bonds is 4. The molecule has 2 aromatic carbocycles. The Morgan fingerprint density at radius 2 is 1.76 bits per heavy atom. The Balaban J connectivity index is 1.52. The first-order valence-corrected chi connectivity index (χ1v) is 13.2. The molecule has 0 radical (unpaired) electrons. The molecule has 11 nitrogen and oxygen atoms in total. The molecule has 1 saturated heterocycles. The molecule has 3 aromatic heterocycles. The Morgan fingerprint density at radius 3 is 2.50 bits per heavy atom. The van der Waals surface area contributed by atoms with Crippen molar-refractivity contribution in [3.8, 4) is 17.3 Å². The standard InChI is InChI=1S/C28H27F3N8O3/c1-27(2,3)42-26(40)33-16-7-8-21-20(15-16)34-23(28(29,30)31)39(21)25-36-22(18-5-4-6-19-17(18)9-10-32-19)35-24(37-25)38-11-13-41-14-12-38/h4-10,15,32H,11-14H2,1-3H3,(H,33,40). The summed E-state index contributed by atoms with van der Waals surface area (Å²) in [5.41, 5.74) is 1.02. The van der Waals surface area contributed by atoms with Crippen molar-refractivity contribution < 1.29 is 27.4 Å². The number of carbonyl (C=O) groups excluding carboxylic acids is 1. The van der Waals surface area contributed by atoms with Crippen LogP contribution in [0.2, 0.25) is 0 Å². The van der Waals surface area contributed by atoms with Crippen LogP contribution in [0.4, 0.5) is 29.6 Å². The van der Waals surface area contributed by atoms with Crippen molar-refractivity contribution >= 4 is 39.7 Å². The second kappa shape index (κ2) is 10.3. The fourth-order valence-corrected chi connectivity index (χ4v) is 4.73. The van der Waals surface area contributed by atoms with E-state index in [1.165, 1.54) is 18.2 Å². The Labute approximate surface area is 237 Å². The molecule has 1 amide bonds. The van der Waals surface area contributed by atoms with Crippen molar-refractivity contribution in [2.24, 2.45) is 0 Å². The van der Waals surface area contributed by atoms with Gasteiger partial charge >= 0.3 is 12.3 Å². The van der Waals surface area contributed by atoms with Crippen molar-refractivity contribution in [1.82, 2.24) is 29.5 Å². The number of imidazole rings is 1. The van der Waals surface area contributed by atoms with E-state index in [2.05, 4.69) is 30.2 Å². The number of alkyl halides is 3. The van der Waals surface area contributed by atoms with Gasteiger partial charge in [0.25, 0.3) is 0 Å². The molecule has 5 aromatic rings. The summed E-state index contributed by atoms with van der Waals surface area (Å²) in [5, 5.41) is 3.35. The van der Waals surface area contributed by atoms with Gasteiger partial charge in [-0.2, -0.15) is 28.1 Å². The van der Waals surface area contributed by atoms with Gasteiger partial charge < -0.3 is 19.4 Å². The molecular weight excluding hydrogens is 553 g/mol. The van der Waals surface area contributed by atoms with Crippen LogP contribution in [-0.4, -0.2) is 67.5 Å². The highest BCUT2D eigenvalue weighted by Gasteiger charge is 2.39. The fourth-order valence-electron chi connectivity index (χ4n) is 4.73. The Morgan fingerprint density at radius 1 is 1.00 bits per heavy atom. The number of anilines is 2. The lowest BCUT2D eigenvalue weighted by Crippen LogP contribution is -2.37. The quantitative estimate of drug-likeness (QED) is 0.283. The number of amides is 1. The lowest BCUT2D eigenvalue weighted by Gasteiger charge is -2.27. The van der Waals surface area contributed by atoms with Crippen LogP contribution in [0.3, 0.4) is 0 Å². The van der Waals surface area contributed by atoms with Gasteiger partial charge in [0.1, 0.15) is 5.60 Å². The van der Waals surface area contributed by atoms with Crippen LogP contribution in [0.15, 0.2) is 48.7 Å². The maximum Gasteiger partial charge on any atom is 0.450 e. The minimum Gasteiger partial charge on any atom is -0.444 e. The maximum absolute atomic E-state index is 14.4. The van der Waals surface area contributed by atoms with Gasteiger partial charge in [-0.25, -0.2) is 9.78 Å². The molecule has 2 N–H and O–H groups in total. The minimum absolute atomic E-state index is 0.0153. The second-order valence-corrected chi connectivity index (χ2v) is 10.7. The van der Waals surface area contributed by atoms with E-state index in [-0.39, 0.29) is 34.4 Å². The summed E-state index contributed by atoms with van der Waals surface area (Å²) < 4.78 is 54.9. The molecular formula is C28H27F3N8O3. The number of nitrogens with one attached hydrogen (secondary N) is 2. The average molecular weight is 581 g/mol. The molecule has 4 heterocycles. The van der Waals surface area contributed by atoms with Crippen LogP contribution < -0.4 is 10.2 Å². The van der Waals surface area contributed by atoms with Crippen LogP contribution in [0, 0.1) is 0 Å². The summed E-state index contributed by atoms with van der Waals surface area (Å²) in [7, 11) is 0. The van der Waals surface area contributed by atoms with E-state index in [1.807, 2.05) is 29.2 Å². The van der Waals surface area contributed by atoms with Crippen LogP contribution >= 0.6 is 0 Å². The topological polar surface area (TPSA) is 123 Å². The van der Waals surface area contributed by atoms with Crippen molar-refractivity contribution in [3.05, 3.63) is 54.5 Å². The first-order chi connectivity index (χ1) is 20.0. The maximum atomic E-state index is 14.4. The minimum atomic E-state index is -4.84. The number of hydrogen-bond donors (Lipinski definition) is 2. The predicted octanol–water partition coefficient (Wildman–Crippen LogP) is 5.56.